The standard InChI is InChI=1S/C16H22N2O5/c1-10-5-6-13(17-8-10)22-11-7-12(14(19)20)18(9-11)15(21)23-16(2,3)4/h5-6,8,11-12H,7,9H2,1-4H3,(H,19,20)/t11-,12-/m0/s1. The summed E-state index contributed by atoms with van der Waals surface area (Å²) in [6, 6.07) is 2.62. The first-order chi connectivity index (χ1) is 10.7. The fraction of sp³-hybridized carbons (Fsp3) is 0.562. The molecule has 126 valence electrons. The Bertz CT molecular complexity index is 579. The number of hydrogen-bond donors (Lipinski definition) is 1. The quantitative estimate of drug-likeness (QED) is 0.918. The van der Waals surface area contributed by atoms with Crippen molar-refractivity contribution in [3.05, 3.63) is 23.9 Å². The maximum atomic E-state index is 12.2. The molecule has 0 aromatic carbocycles. The van der Waals surface area contributed by atoms with E-state index in [0.717, 1.165) is 5.56 Å². The second-order valence-electron chi connectivity index (χ2n) is 6.64. The molecule has 1 aliphatic heterocycles. The minimum atomic E-state index is -1.07. The highest BCUT2D eigenvalue weighted by atomic mass is 16.6. The molecule has 7 nitrogen and oxygen atoms in total. The number of hydrogen-bond acceptors (Lipinski definition) is 5. The van der Waals surface area contributed by atoms with E-state index in [1.807, 2.05) is 13.0 Å². The van der Waals surface area contributed by atoms with Gasteiger partial charge in [-0.1, -0.05) is 6.07 Å². The highest BCUT2D eigenvalue weighted by Gasteiger charge is 2.42. The van der Waals surface area contributed by atoms with E-state index < -0.39 is 29.8 Å². The Morgan fingerprint density at radius 2 is 2.04 bits per heavy atom. The molecule has 2 rings (SSSR count). The molecule has 1 aromatic rings. The lowest BCUT2D eigenvalue weighted by Gasteiger charge is -2.26. The van der Waals surface area contributed by atoms with E-state index >= 15 is 0 Å². The molecular formula is C16H22N2O5. The number of carbonyl (C=O) groups is 2. The molecule has 1 aliphatic rings. The number of likely N-dealkylation sites (tertiary alicyclic amines) is 1. The number of rotatable bonds is 3. The van der Waals surface area contributed by atoms with Gasteiger partial charge in [-0.05, 0) is 33.3 Å². The van der Waals surface area contributed by atoms with Crippen LogP contribution >= 0.6 is 0 Å². The summed E-state index contributed by atoms with van der Waals surface area (Å²) in [5.74, 6) is -0.658. The summed E-state index contributed by atoms with van der Waals surface area (Å²) >= 11 is 0. The Labute approximate surface area is 135 Å². The van der Waals surface area contributed by atoms with Gasteiger partial charge in [-0.25, -0.2) is 14.6 Å². The van der Waals surface area contributed by atoms with Crippen LogP contribution < -0.4 is 4.74 Å². The van der Waals surface area contributed by atoms with Crippen molar-refractivity contribution in [3.63, 3.8) is 0 Å². The maximum absolute atomic E-state index is 12.2. The molecule has 0 unspecified atom stereocenters. The summed E-state index contributed by atoms with van der Waals surface area (Å²) < 4.78 is 11.0. The van der Waals surface area contributed by atoms with E-state index in [2.05, 4.69) is 4.98 Å². The number of carboxylic acids is 1. The Kier molecular flexibility index (Phi) is 4.77. The molecule has 1 fully saturated rings. The van der Waals surface area contributed by atoms with E-state index in [9.17, 15) is 14.7 Å². The van der Waals surface area contributed by atoms with Gasteiger partial charge in [-0.2, -0.15) is 0 Å². The van der Waals surface area contributed by atoms with Gasteiger partial charge in [0.2, 0.25) is 5.88 Å². The van der Waals surface area contributed by atoms with Gasteiger partial charge in [0.15, 0.2) is 0 Å². The highest BCUT2D eigenvalue weighted by Crippen LogP contribution is 2.24. The lowest BCUT2D eigenvalue weighted by Crippen LogP contribution is -2.43. The minimum absolute atomic E-state index is 0.154. The van der Waals surface area contributed by atoms with Crippen LogP contribution in [0.5, 0.6) is 5.88 Å². The van der Waals surface area contributed by atoms with Crippen LogP contribution in [0.1, 0.15) is 32.8 Å². The van der Waals surface area contributed by atoms with Gasteiger partial charge in [0.05, 0.1) is 6.54 Å². The molecule has 1 aromatic heterocycles. The Morgan fingerprint density at radius 1 is 1.35 bits per heavy atom. The first-order valence-electron chi connectivity index (χ1n) is 7.47. The summed E-state index contributed by atoms with van der Waals surface area (Å²) in [5.41, 5.74) is 0.319. The molecule has 0 saturated carbocycles. The molecule has 1 saturated heterocycles. The number of aromatic nitrogens is 1. The summed E-state index contributed by atoms with van der Waals surface area (Å²) in [5, 5.41) is 9.33. The third-order valence-corrected chi connectivity index (χ3v) is 3.35. The Hall–Kier alpha value is -2.31. The first kappa shape index (κ1) is 17.1. The molecule has 0 aliphatic carbocycles. The van der Waals surface area contributed by atoms with Gasteiger partial charge in [-0.3, -0.25) is 4.90 Å². The maximum Gasteiger partial charge on any atom is 0.411 e. The number of pyridine rings is 1. The smallest absolute Gasteiger partial charge is 0.411 e. The zero-order valence-electron chi connectivity index (χ0n) is 13.8. The largest absolute Gasteiger partial charge is 0.480 e. The minimum Gasteiger partial charge on any atom is -0.480 e. The van der Waals surface area contributed by atoms with Crippen LogP contribution in [-0.2, 0) is 9.53 Å². The summed E-state index contributed by atoms with van der Waals surface area (Å²) in [6.07, 6.45) is 0.793. The van der Waals surface area contributed by atoms with Gasteiger partial charge in [0, 0.05) is 18.7 Å². The molecule has 2 atom stereocenters. The van der Waals surface area contributed by atoms with Crippen LogP contribution in [0.2, 0.25) is 0 Å². The molecule has 0 bridgehead atoms. The van der Waals surface area contributed by atoms with E-state index in [4.69, 9.17) is 9.47 Å². The predicted octanol–water partition coefficient (Wildman–Crippen LogP) is 2.23. The Balaban J connectivity index is 2.06. The molecule has 23 heavy (non-hydrogen) atoms. The normalized spacial score (nSPS) is 21.1. The molecular weight excluding hydrogens is 300 g/mol. The fourth-order valence-corrected chi connectivity index (χ4v) is 2.33. The SMILES string of the molecule is Cc1ccc(O[C@H]2C[C@@H](C(=O)O)N(C(=O)OC(C)(C)C)C2)nc1. The number of carboxylic acid groups (broad SMARTS) is 1. The Morgan fingerprint density at radius 3 is 2.57 bits per heavy atom. The topological polar surface area (TPSA) is 89.0 Å². The van der Waals surface area contributed by atoms with Crippen LogP contribution in [0, 0.1) is 6.92 Å². The van der Waals surface area contributed by atoms with Crippen molar-refractivity contribution in [2.24, 2.45) is 0 Å². The second kappa shape index (κ2) is 6.44. The number of amides is 1. The van der Waals surface area contributed by atoms with Crippen molar-refractivity contribution < 1.29 is 24.2 Å². The summed E-state index contributed by atoms with van der Waals surface area (Å²) in [7, 11) is 0. The third kappa shape index (κ3) is 4.58. The fourth-order valence-electron chi connectivity index (χ4n) is 2.33. The molecule has 1 N–H and O–H groups in total. The van der Waals surface area contributed by atoms with E-state index in [-0.39, 0.29) is 13.0 Å². The van der Waals surface area contributed by atoms with Gasteiger partial charge >= 0.3 is 12.1 Å². The van der Waals surface area contributed by atoms with Crippen molar-refractivity contribution in [2.75, 3.05) is 6.54 Å². The monoisotopic (exact) mass is 322 g/mol. The van der Waals surface area contributed by atoms with Crippen LogP contribution in [-0.4, -0.2) is 51.3 Å². The molecule has 0 radical (unpaired) electrons. The van der Waals surface area contributed by atoms with E-state index in [1.54, 1.807) is 33.0 Å². The predicted molar refractivity (Wildman–Crippen MR) is 82.4 cm³/mol. The summed E-state index contributed by atoms with van der Waals surface area (Å²) in [4.78, 5) is 28.9. The van der Waals surface area contributed by atoms with Crippen LogP contribution in [0.25, 0.3) is 0 Å². The van der Waals surface area contributed by atoms with Crippen molar-refractivity contribution in [1.29, 1.82) is 0 Å². The first-order valence-corrected chi connectivity index (χ1v) is 7.47. The van der Waals surface area contributed by atoms with E-state index in [0.29, 0.717) is 5.88 Å². The lowest BCUT2D eigenvalue weighted by molar-refractivity contribution is -0.142. The number of aryl methyl sites for hydroxylation is 1. The number of ether oxygens (including phenoxy) is 2. The number of carbonyl (C=O) groups excluding carboxylic acids is 1. The second-order valence-corrected chi connectivity index (χ2v) is 6.64. The van der Waals surface area contributed by atoms with Gasteiger partial charge < -0.3 is 14.6 Å². The van der Waals surface area contributed by atoms with Crippen molar-refractivity contribution in [2.45, 2.75) is 51.9 Å². The molecule has 2 heterocycles. The number of aliphatic carboxylic acids is 1. The van der Waals surface area contributed by atoms with Crippen molar-refractivity contribution in [3.8, 4) is 5.88 Å². The molecule has 7 heteroatoms. The zero-order valence-corrected chi connectivity index (χ0v) is 13.8. The summed E-state index contributed by atoms with van der Waals surface area (Å²) in [6.45, 7) is 7.28. The lowest BCUT2D eigenvalue weighted by atomic mass is 10.2. The van der Waals surface area contributed by atoms with Gasteiger partial charge in [0.1, 0.15) is 17.7 Å². The van der Waals surface area contributed by atoms with Crippen LogP contribution in [0.3, 0.4) is 0 Å². The van der Waals surface area contributed by atoms with Gasteiger partial charge in [-0.15, -0.1) is 0 Å². The average molecular weight is 322 g/mol. The molecule has 0 spiro atoms. The number of nitrogens with zero attached hydrogens (tertiary/aromatic N) is 2. The van der Waals surface area contributed by atoms with E-state index in [1.165, 1.54) is 4.90 Å². The molecule has 1 amide bonds. The highest BCUT2D eigenvalue weighted by molar-refractivity contribution is 5.81. The van der Waals surface area contributed by atoms with Gasteiger partial charge in [0.25, 0.3) is 0 Å². The third-order valence-electron chi connectivity index (χ3n) is 3.35. The van der Waals surface area contributed by atoms with Crippen LogP contribution in [0.15, 0.2) is 18.3 Å². The van der Waals surface area contributed by atoms with Crippen molar-refractivity contribution >= 4 is 12.1 Å². The van der Waals surface area contributed by atoms with Crippen LogP contribution in [0.4, 0.5) is 4.79 Å². The van der Waals surface area contributed by atoms with Crippen molar-refractivity contribution in [1.82, 2.24) is 9.88 Å². The zero-order chi connectivity index (χ0) is 17.2. The average Bonchev–Trinajstić information content (AvgIpc) is 2.84.